The highest BCUT2D eigenvalue weighted by Crippen LogP contribution is 1.94. The van der Waals surface area contributed by atoms with Gasteiger partial charge in [-0.25, -0.2) is 4.79 Å². The van der Waals surface area contributed by atoms with Crippen LogP contribution in [0.3, 0.4) is 0 Å². The van der Waals surface area contributed by atoms with Crippen molar-refractivity contribution in [3.8, 4) is 6.26 Å². The van der Waals surface area contributed by atoms with Gasteiger partial charge in [0.25, 0.3) is 6.26 Å². The summed E-state index contributed by atoms with van der Waals surface area (Å²) in [4.78, 5) is 10.2. The maximum absolute atomic E-state index is 10.2. The Labute approximate surface area is 64.7 Å². The van der Waals surface area contributed by atoms with Gasteiger partial charge in [0.15, 0.2) is 0 Å². The quantitative estimate of drug-likeness (QED) is 0.372. The second-order valence-electron chi connectivity index (χ2n) is 1.92. The Hall–Kier alpha value is -1.50. The molecule has 0 saturated heterocycles. The van der Waals surface area contributed by atoms with E-state index in [-0.39, 0.29) is 12.2 Å². The van der Waals surface area contributed by atoms with Crippen molar-refractivity contribution in [1.82, 2.24) is 0 Å². The van der Waals surface area contributed by atoms with Crippen molar-refractivity contribution in [3.05, 3.63) is 11.6 Å². The first-order valence-corrected chi connectivity index (χ1v) is 3.09. The third-order valence-corrected chi connectivity index (χ3v) is 1.07. The molecule has 0 saturated carbocycles. The second kappa shape index (κ2) is 5.30. The van der Waals surface area contributed by atoms with Gasteiger partial charge in [-0.2, -0.15) is 5.26 Å². The zero-order chi connectivity index (χ0) is 8.69. The molecule has 0 aliphatic rings. The standard InChI is InChI=1S/C7H9NO3/c1-6(7(9)10)3-2-4-11-5-8/h3H,2,4H2,1H3,(H,9,10)/b6-3+. The number of carboxylic acids is 1. The van der Waals surface area contributed by atoms with E-state index in [2.05, 4.69) is 4.74 Å². The number of nitrogens with zero attached hydrogens (tertiary/aromatic N) is 1. The highest BCUT2D eigenvalue weighted by molar-refractivity contribution is 5.85. The third-order valence-electron chi connectivity index (χ3n) is 1.07. The van der Waals surface area contributed by atoms with Crippen molar-refractivity contribution in [1.29, 1.82) is 5.26 Å². The lowest BCUT2D eigenvalue weighted by Crippen LogP contribution is -1.96. The van der Waals surface area contributed by atoms with Gasteiger partial charge in [-0.05, 0) is 6.92 Å². The van der Waals surface area contributed by atoms with Gasteiger partial charge in [0.2, 0.25) is 0 Å². The number of aliphatic carboxylic acids is 1. The summed E-state index contributed by atoms with van der Waals surface area (Å²) in [5.41, 5.74) is 0.270. The largest absolute Gasteiger partial charge is 0.478 e. The zero-order valence-electron chi connectivity index (χ0n) is 6.20. The predicted octanol–water partition coefficient (Wildman–Crippen LogP) is 0.905. The van der Waals surface area contributed by atoms with Gasteiger partial charge in [-0.3, -0.25) is 0 Å². The number of carbonyl (C=O) groups is 1. The summed E-state index contributed by atoms with van der Waals surface area (Å²) in [7, 11) is 0. The Kier molecular flexibility index (Phi) is 4.58. The minimum atomic E-state index is -0.943. The molecular weight excluding hydrogens is 146 g/mol. The Balaban J connectivity index is 3.59. The summed E-state index contributed by atoms with van der Waals surface area (Å²) in [5.74, 6) is -0.943. The van der Waals surface area contributed by atoms with E-state index in [4.69, 9.17) is 10.4 Å². The molecular formula is C7H9NO3. The van der Waals surface area contributed by atoms with E-state index in [1.165, 1.54) is 19.3 Å². The van der Waals surface area contributed by atoms with E-state index >= 15 is 0 Å². The average Bonchev–Trinajstić information content (AvgIpc) is 1.97. The van der Waals surface area contributed by atoms with E-state index < -0.39 is 5.97 Å². The van der Waals surface area contributed by atoms with Crippen LogP contribution >= 0.6 is 0 Å². The number of hydrogen-bond acceptors (Lipinski definition) is 3. The molecule has 0 atom stereocenters. The van der Waals surface area contributed by atoms with Gasteiger partial charge in [0, 0.05) is 12.0 Å². The molecule has 0 aromatic heterocycles. The topological polar surface area (TPSA) is 70.3 Å². The molecule has 0 radical (unpaired) electrons. The molecule has 11 heavy (non-hydrogen) atoms. The Morgan fingerprint density at radius 1 is 1.82 bits per heavy atom. The van der Waals surface area contributed by atoms with Crippen LogP contribution in [0, 0.1) is 11.5 Å². The monoisotopic (exact) mass is 155 g/mol. The van der Waals surface area contributed by atoms with Crippen molar-refractivity contribution in [3.63, 3.8) is 0 Å². The molecule has 0 heterocycles. The van der Waals surface area contributed by atoms with Crippen LogP contribution in [0.1, 0.15) is 13.3 Å². The molecule has 4 nitrogen and oxygen atoms in total. The van der Waals surface area contributed by atoms with Gasteiger partial charge in [-0.1, -0.05) is 6.08 Å². The van der Waals surface area contributed by atoms with E-state index in [0.717, 1.165) is 0 Å². The normalized spacial score (nSPS) is 10.4. The van der Waals surface area contributed by atoms with Crippen LogP contribution in [0.4, 0.5) is 0 Å². The summed E-state index contributed by atoms with van der Waals surface area (Å²) >= 11 is 0. The highest BCUT2D eigenvalue weighted by Gasteiger charge is 1.97. The number of hydrogen-bond donors (Lipinski definition) is 1. The van der Waals surface area contributed by atoms with Crippen molar-refractivity contribution < 1.29 is 14.6 Å². The summed E-state index contributed by atoms with van der Waals surface area (Å²) in [5, 5.41) is 16.3. The molecule has 0 aromatic carbocycles. The van der Waals surface area contributed by atoms with Gasteiger partial charge in [0.1, 0.15) is 6.61 Å². The first-order chi connectivity index (χ1) is 5.18. The molecule has 0 amide bonds. The summed E-state index contributed by atoms with van der Waals surface area (Å²) < 4.78 is 4.33. The smallest absolute Gasteiger partial charge is 0.330 e. The fourth-order valence-electron chi connectivity index (χ4n) is 0.467. The van der Waals surface area contributed by atoms with E-state index in [1.54, 1.807) is 0 Å². The van der Waals surface area contributed by atoms with Crippen molar-refractivity contribution in [2.45, 2.75) is 13.3 Å². The van der Waals surface area contributed by atoms with Gasteiger partial charge in [-0.15, -0.1) is 0 Å². The zero-order valence-corrected chi connectivity index (χ0v) is 6.20. The molecule has 0 unspecified atom stereocenters. The molecule has 0 rings (SSSR count). The Morgan fingerprint density at radius 2 is 2.45 bits per heavy atom. The lowest BCUT2D eigenvalue weighted by Gasteiger charge is -1.92. The van der Waals surface area contributed by atoms with Crippen LogP contribution in [0.25, 0.3) is 0 Å². The van der Waals surface area contributed by atoms with Crippen molar-refractivity contribution in [2.75, 3.05) is 6.61 Å². The van der Waals surface area contributed by atoms with Crippen molar-refractivity contribution >= 4 is 5.97 Å². The van der Waals surface area contributed by atoms with Crippen LogP contribution in [0.5, 0.6) is 0 Å². The maximum atomic E-state index is 10.2. The molecule has 60 valence electrons. The second-order valence-corrected chi connectivity index (χ2v) is 1.92. The van der Waals surface area contributed by atoms with Gasteiger partial charge < -0.3 is 9.84 Å². The van der Waals surface area contributed by atoms with Gasteiger partial charge in [0.05, 0.1) is 0 Å². The summed E-state index contributed by atoms with van der Waals surface area (Å²) in [6.07, 6.45) is 3.46. The molecule has 0 fully saturated rings. The first kappa shape index (κ1) is 9.50. The van der Waals surface area contributed by atoms with Crippen LogP contribution in [0.15, 0.2) is 11.6 Å². The van der Waals surface area contributed by atoms with Gasteiger partial charge >= 0.3 is 5.97 Å². The van der Waals surface area contributed by atoms with Crippen LogP contribution in [0.2, 0.25) is 0 Å². The fourth-order valence-corrected chi connectivity index (χ4v) is 0.467. The molecule has 0 aliphatic carbocycles. The maximum Gasteiger partial charge on any atom is 0.330 e. The lowest BCUT2D eigenvalue weighted by atomic mass is 10.2. The number of rotatable bonds is 4. The molecule has 0 bridgehead atoms. The first-order valence-electron chi connectivity index (χ1n) is 3.09. The van der Waals surface area contributed by atoms with Crippen LogP contribution < -0.4 is 0 Å². The van der Waals surface area contributed by atoms with E-state index in [0.29, 0.717) is 6.42 Å². The third kappa shape index (κ3) is 4.97. The Bertz CT molecular complexity index is 202. The minimum absolute atomic E-state index is 0.237. The predicted molar refractivity (Wildman–Crippen MR) is 37.6 cm³/mol. The average molecular weight is 155 g/mol. The SMILES string of the molecule is C/C(=C\CCOC#N)C(=O)O. The highest BCUT2D eigenvalue weighted by atomic mass is 16.5. The molecule has 0 spiro atoms. The van der Waals surface area contributed by atoms with Crippen molar-refractivity contribution in [2.24, 2.45) is 0 Å². The van der Waals surface area contributed by atoms with Crippen LogP contribution in [-0.4, -0.2) is 17.7 Å². The number of carboxylic acid groups (broad SMARTS) is 1. The number of ether oxygens (including phenoxy) is 1. The summed E-state index contributed by atoms with van der Waals surface area (Å²) in [6, 6.07) is 0. The number of nitriles is 1. The minimum Gasteiger partial charge on any atom is -0.478 e. The fraction of sp³-hybridized carbons (Fsp3) is 0.429. The molecule has 4 heteroatoms. The van der Waals surface area contributed by atoms with Crippen LogP contribution in [-0.2, 0) is 9.53 Å². The lowest BCUT2D eigenvalue weighted by molar-refractivity contribution is -0.132. The van der Waals surface area contributed by atoms with E-state index in [1.807, 2.05) is 0 Å². The molecule has 0 aromatic rings. The summed E-state index contributed by atoms with van der Waals surface area (Å²) in [6.45, 7) is 1.73. The Morgan fingerprint density at radius 3 is 2.91 bits per heavy atom. The molecule has 0 aliphatic heterocycles. The molecule has 1 N–H and O–H groups in total. The van der Waals surface area contributed by atoms with E-state index in [9.17, 15) is 4.79 Å².